The predicted molar refractivity (Wildman–Crippen MR) is 91.8 cm³/mol. The summed E-state index contributed by atoms with van der Waals surface area (Å²) in [5, 5.41) is 9.12. The lowest BCUT2D eigenvalue weighted by Crippen LogP contribution is -2.47. The van der Waals surface area contributed by atoms with Crippen molar-refractivity contribution in [1.29, 1.82) is 0 Å². The van der Waals surface area contributed by atoms with E-state index < -0.39 is 5.41 Å². The summed E-state index contributed by atoms with van der Waals surface area (Å²) in [4.78, 5) is 16.4. The number of hydrogen-bond donors (Lipinski definition) is 3. The number of nitrogens with zero attached hydrogens (tertiary/aromatic N) is 1. The number of nitrogens with one attached hydrogen (secondary N) is 3. The molecule has 122 valence electrons. The Balaban J connectivity index is 2.66. The molecule has 0 aliphatic carbocycles. The topological polar surface area (TPSA) is 65.5 Å². The van der Waals surface area contributed by atoms with Crippen molar-refractivity contribution < 1.29 is 4.79 Å². The number of amides is 1. The van der Waals surface area contributed by atoms with Gasteiger partial charge < -0.3 is 16.0 Å². The third-order valence-electron chi connectivity index (χ3n) is 3.42. The highest BCUT2D eigenvalue weighted by Crippen LogP contribution is 2.13. The lowest BCUT2D eigenvalue weighted by Gasteiger charge is -2.24. The second kappa shape index (κ2) is 8.41. The second-order valence-corrected chi connectivity index (χ2v) is 6.00. The van der Waals surface area contributed by atoms with Gasteiger partial charge >= 0.3 is 0 Å². The Kier molecular flexibility index (Phi) is 6.89. The number of hydrogen-bond acceptors (Lipinski definition) is 2. The Morgan fingerprint density at radius 3 is 2.36 bits per heavy atom. The normalized spacial score (nSPS) is 12.0. The van der Waals surface area contributed by atoms with Gasteiger partial charge in [-0.3, -0.25) is 4.79 Å². The minimum absolute atomic E-state index is 0.00869. The molecule has 5 heteroatoms. The smallest absolute Gasteiger partial charge is 0.227 e. The average molecular weight is 304 g/mol. The molecule has 5 nitrogen and oxygen atoms in total. The van der Waals surface area contributed by atoms with Gasteiger partial charge in [0.05, 0.1) is 12.0 Å². The maximum Gasteiger partial charge on any atom is 0.227 e. The van der Waals surface area contributed by atoms with Crippen LogP contribution in [0.3, 0.4) is 0 Å². The highest BCUT2D eigenvalue weighted by molar-refractivity contribution is 5.84. The lowest BCUT2D eigenvalue weighted by atomic mass is 9.92. The maximum absolute atomic E-state index is 11.8. The Labute approximate surface area is 133 Å². The molecule has 0 saturated heterocycles. The fraction of sp³-hybridized carbons (Fsp3) is 0.529. The van der Waals surface area contributed by atoms with Gasteiger partial charge in [-0.2, -0.15) is 0 Å². The highest BCUT2D eigenvalue weighted by Gasteiger charge is 2.26. The number of aliphatic imine (C=N–C) groups is 1. The molecule has 1 rings (SSSR count). The molecule has 0 atom stereocenters. The Morgan fingerprint density at radius 2 is 1.82 bits per heavy atom. The van der Waals surface area contributed by atoms with Gasteiger partial charge in [-0.25, -0.2) is 4.99 Å². The first kappa shape index (κ1) is 18.0. The van der Waals surface area contributed by atoms with Crippen LogP contribution in [-0.4, -0.2) is 32.0 Å². The molecule has 1 aromatic rings. The standard InChI is InChI=1S/C17H28N4O/c1-6-19-16(21-12-17(3,4)15(22)18-5)20-11-14-9-7-13(2)8-10-14/h7-10H,6,11-12H2,1-5H3,(H,18,22)(H2,19,20,21). The molecule has 0 aromatic heterocycles. The molecule has 0 aliphatic rings. The second-order valence-electron chi connectivity index (χ2n) is 6.00. The van der Waals surface area contributed by atoms with E-state index in [4.69, 9.17) is 0 Å². The van der Waals surface area contributed by atoms with Crippen molar-refractivity contribution in [3.8, 4) is 0 Å². The minimum Gasteiger partial charge on any atom is -0.359 e. The molecular weight excluding hydrogens is 276 g/mol. The lowest BCUT2D eigenvalue weighted by molar-refractivity contribution is -0.128. The zero-order valence-electron chi connectivity index (χ0n) is 14.3. The molecule has 0 fully saturated rings. The van der Waals surface area contributed by atoms with Crippen molar-refractivity contribution >= 4 is 11.9 Å². The maximum atomic E-state index is 11.8. The number of benzene rings is 1. The third-order valence-corrected chi connectivity index (χ3v) is 3.42. The molecule has 1 amide bonds. The number of aryl methyl sites for hydroxylation is 1. The quantitative estimate of drug-likeness (QED) is 0.555. The van der Waals surface area contributed by atoms with Crippen molar-refractivity contribution in [2.75, 3.05) is 20.1 Å². The Hall–Kier alpha value is -2.04. The van der Waals surface area contributed by atoms with E-state index in [1.165, 1.54) is 5.56 Å². The summed E-state index contributed by atoms with van der Waals surface area (Å²) in [6, 6.07) is 8.33. The van der Waals surface area contributed by atoms with Crippen molar-refractivity contribution in [3.63, 3.8) is 0 Å². The number of guanidine groups is 1. The summed E-state index contributed by atoms with van der Waals surface area (Å²) in [6.07, 6.45) is 0. The molecule has 0 heterocycles. The Bertz CT molecular complexity index is 506. The van der Waals surface area contributed by atoms with Crippen molar-refractivity contribution in [1.82, 2.24) is 16.0 Å². The van der Waals surface area contributed by atoms with Gasteiger partial charge in [-0.05, 0) is 33.3 Å². The monoisotopic (exact) mass is 304 g/mol. The first-order chi connectivity index (χ1) is 10.4. The molecule has 0 spiro atoms. The zero-order chi connectivity index (χ0) is 16.6. The van der Waals surface area contributed by atoms with Crippen LogP contribution in [0, 0.1) is 12.3 Å². The van der Waals surface area contributed by atoms with Crippen LogP contribution in [0.15, 0.2) is 29.3 Å². The first-order valence-electron chi connectivity index (χ1n) is 7.69. The van der Waals surface area contributed by atoms with E-state index in [-0.39, 0.29) is 5.91 Å². The zero-order valence-corrected chi connectivity index (χ0v) is 14.3. The molecule has 1 aromatic carbocycles. The minimum atomic E-state index is -0.491. The predicted octanol–water partition coefficient (Wildman–Crippen LogP) is 1.82. The van der Waals surface area contributed by atoms with Gasteiger partial charge in [0.15, 0.2) is 5.96 Å². The van der Waals surface area contributed by atoms with Crippen LogP contribution >= 0.6 is 0 Å². The van der Waals surface area contributed by atoms with E-state index in [9.17, 15) is 4.79 Å². The van der Waals surface area contributed by atoms with E-state index >= 15 is 0 Å². The van der Waals surface area contributed by atoms with Crippen LogP contribution in [0.25, 0.3) is 0 Å². The Morgan fingerprint density at radius 1 is 1.18 bits per heavy atom. The van der Waals surface area contributed by atoms with E-state index in [2.05, 4.69) is 52.1 Å². The van der Waals surface area contributed by atoms with Crippen LogP contribution in [-0.2, 0) is 11.3 Å². The van der Waals surface area contributed by atoms with Gasteiger partial charge in [0, 0.05) is 20.1 Å². The van der Waals surface area contributed by atoms with Gasteiger partial charge in [0.2, 0.25) is 5.91 Å². The van der Waals surface area contributed by atoms with Gasteiger partial charge in [-0.15, -0.1) is 0 Å². The van der Waals surface area contributed by atoms with Crippen LogP contribution < -0.4 is 16.0 Å². The summed E-state index contributed by atoms with van der Waals surface area (Å²) >= 11 is 0. The third kappa shape index (κ3) is 5.76. The van der Waals surface area contributed by atoms with E-state index in [0.717, 1.165) is 18.1 Å². The molecule has 0 saturated carbocycles. The molecule has 0 aliphatic heterocycles. The van der Waals surface area contributed by atoms with Crippen LogP contribution in [0.1, 0.15) is 31.9 Å². The van der Waals surface area contributed by atoms with Crippen LogP contribution in [0.2, 0.25) is 0 Å². The molecule has 0 unspecified atom stereocenters. The summed E-state index contributed by atoms with van der Waals surface area (Å²) < 4.78 is 0. The van der Waals surface area contributed by atoms with Crippen molar-refractivity contribution in [3.05, 3.63) is 35.4 Å². The molecule has 0 bridgehead atoms. The fourth-order valence-electron chi connectivity index (χ4n) is 1.93. The van der Waals surface area contributed by atoms with Gasteiger partial charge in [0.25, 0.3) is 0 Å². The van der Waals surface area contributed by atoms with E-state index in [1.807, 2.05) is 20.8 Å². The molecule has 3 N–H and O–H groups in total. The SMILES string of the molecule is CCNC(=NCc1ccc(C)cc1)NCC(C)(C)C(=O)NC. The summed E-state index contributed by atoms with van der Waals surface area (Å²) in [7, 11) is 1.65. The van der Waals surface area contributed by atoms with Gasteiger partial charge in [0.1, 0.15) is 0 Å². The molecule has 22 heavy (non-hydrogen) atoms. The van der Waals surface area contributed by atoms with Crippen LogP contribution in [0.5, 0.6) is 0 Å². The van der Waals surface area contributed by atoms with Crippen LogP contribution in [0.4, 0.5) is 0 Å². The van der Waals surface area contributed by atoms with Crippen molar-refractivity contribution in [2.45, 2.75) is 34.2 Å². The number of rotatable bonds is 6. The summed E-state index contributed by atoms with van der Waals surface area (Å²) in [6.45, 7) is 9.81. The van der Waals surface area contributed by atoms with E-state index in [1.54, 1.807) is 7.05 Å². The first-order valence-corrected chi connectivity index (χ1v) is 7.69. The van der Waals surface area contributed by atoms with Gasteiger partial charge in [-0.1, -0.05) is 29.8 Å². The fourth-order valence-corrected chi connectivity index (χ4v) is 1.93. The summed E-state index contributed by atoms with van der Waals surface area (Å²) in [5.74, 6) is 0.731. The van der Waals surface area contributed by atoms with Crippen molar-refractivity contribution in [2.24, 2.45) is 10.4 Å². The average Bonchev–Trinajstić information content (AvgIpc) is 2.50. The number of carbonyl (C=O) groups is 1. The summed E-state index contributed by atoms with van der Waals surface area (Å²) in [5.41, 5.74) is 1.91. The molecule has 0 radical (unpaired) electrons. The highest BCUT2D eigenvalue weighted by atomic mass is 16.2. The molecular formula is C17H28N4O. The largest absolute Gasteiger partial charge is 0.359 e. The van der Waals surface area contributed by atoms with E-state index in [0.29, 0.717) is 13.1 Å². The number of carbonyl (C=O) groups excluding carboxylic acids is 1.